The molecule has 0 radical (unpaired) electrons. The van der Waals surface area contributed by atoms with Crippen LogP contribution in [0.15, 0.2) is 0 Å². The Morgan fingerprint density at radius 2 is 1.54 bits per heavy atom. The fourth-order valence-corrected chi connectivity index (χ4v) is 5.55. The highest BCUT2D eigenvalue weighted by molar-refractivity contribution is 4.97. The van der Waals surface area contributed by atoms with Gasteiger partial charge in [-0.2, -0.15) is 0 Å². The van der Waals surface area contributed by atoms with Crippen molar-refractivity contribution in [2.45, 2.75) is 72.6 Å². The maximum atomic E-state index is 2.70. The van der Waals surface area contributed by atoms with Gasteiger partial charge in [-0.3, -0.25) is 0 Å². The number of hydrogen-bond donors (Lipinski definition) is 0. The van der Waals surface area contributed by atoms with Crippen LogP contribution < -0.4 is 0 Å². The first kappa shape index (κ1) is 22.2. The van der Waals surface area contributed by atoms with Gasteiger partial charge in [-0.05, 0) is 95.4 Å². The van der Waals surface area contributed by atoms with Crippen molar-refractivity contribution in [2.75, 3.05) is 59.9 Å². The molecule has 0 aromatic carbocycles. The highest BCUT2D eigenvalue weighted by atomic mass is 15.2. The van der Waals surface area contributed by atoms with Gasteiger partial charge in [-0.25, -0.2) is 0 Å². The van der Waals surface area contributed by atoms with Crippen LogP contribution in [-0.4, -0.2) is 74.6 Å². The Bertz CT molecular complexity index is 380. The van der Waals surface area contributed by atoms with Gasteiger partial charge in [0.1, 0.15) is 0 Å². The first-order chi connectivity index (χ1) is 12.4. The minimum Gasteiger partial charge on any atom is -0.306 e. The molecule has 0 atom stereocenters. The minimum absolute atomic E-state index is 0.531. The molecule has 3 heteroatoms. The molecule has 1 spiro atoms. The van der Waals surface area contributed by atoms with Crippen LogP contribution in [0.4, 0.5) is 0 Å². The summed E-state index contributed by atoms with van der Waals surface area (Å²) in [5.41, 5.74) is 1.26. The topological polar surface area (TPSA) is 9.72 Å². The van der Waals surface area contributed by atoms with Gasteiger partial charge in [-0.15, -0.1) is 0 Å². The molecular weight excluding hydrogens is 318 g/mol. The van der Waals surface area contributed by atoms with Gasteiger partial charge >= 0.3 is 0 Å². The SMILES string of the molecule is CCN(CCN(C)CC1CC2(CCN(C)CC2)C1)CC(CC)(CC)CC. The number of nitrogens with zero attached hydrogens (tertiary/aromatic N) is 3. The zero-order chi connectivity index (χ0) is 19.2. The highest BCUT2D eigenvalue weighted by Crippen LogP contribution is 2.52. The molecule has 2 aliphatic rings. The van der Waals surface area contributed by atoms with Gasteiger partial charge in [-0.1, -0.05) is 27.7 Å². The van der Waals surface area contributed by atoms with Crippen molar-refractivity contribution in [3.05, 3.63) is 0 Å². The van der Waals surface area contributed by atoms with E-state index in [1.54, 1.807) is 0 Å². The van der Waals surface area contributed by atoms with E-state index >= 15 is 0 Å². The summed E-state index contributed by atoms with van der Waals surface area (Å²) in [5.74, 6) is 0.958. The summed E-state index contributed by atoms with van der Waals surface area (Å²) in [7, 11) is 4.63. The lowest BCUT2D eigenvalue weighted by Gasteiger charge is -2.52. The third-order valence-electron chi connectivity index (χ3n) is 8.12. The fourth-order valence-electron chi connectivity index (χ4n) is 5.55. The van der Waals surface area contributed by atoms with E-state index in [0.29, 0.717) is 5.41 Å². The second kappa shape index (κ2) is 9.89. The lowest BCUT2D eigenvalue weighted by Crippen LogP contribution is -2.49. The molecule has 0 bridgehead atoms. The van der Waals surface area contributed by atoms with Crippen LogP contribution in [0.1, 0.15) is 72.6 Å². The van der Waals surface area contributed by atoms with E-state index in [1.165, 1.54) is 90.8 Å². The van der Waals surface area contributed by atoms with E-state index in [0.717, 1.165) is 11.3 Å². The minimum atomic E-state index is 0.531. The molecule has 0 unspecified atom stereocenters. The number of rotatable bonds is 11. The molecule has 1 saturated heterocycles. The van der Waals surface area contributed by atoms with E-state index in [2.05, 4.69) is 56.5 Å². The quantitative estimate of drug-likeness (QED) is 0.531. The zero-order valence-electron chi connectivity index (χ0n) is 18.8. The van der Waals surface area contributed by atoms with Crippen molar-refractivity contribution >= 4 is 0 Å². The predicted molar refractivity (Wildman–Crippen MR) is 115 cm³/mol. The summed E-state index contributed by atoms with van der Waals surface area (Å²) in [6.07, 6.45) is 9.81. The second-order valence-corrected chi connectivity index (χ2v) is 9.77. The van der Waals surface area contributed by atoms with Crippen LogP contribution in [0.2, 0.25) is 0 Å². The standard InChI is InChI=1S/C23H47N3/c1-7-22(8-2,9-3)20-26(10-4)16-15-25(6)19-21-17-23(18-21)11-13-24(5)14-12-23/h21H,7-20H2,1-6H3. The summed E-state index contributed by atoms with van der Waals surface area (Å²) in [4.78, 5) is 7.82. The highest BCUT2D eigenvalue weighted by Gasteiger charge is 2.45. The van der Waals surface area contributed by atoms with Crippen molar-refractivity contribution in [2.24, 2.45) is 16.7 Å². The Hall–Kier alpha value is -0.120. The average Bonchev–Trinajstić information content (AvgIpc) is 2.63. The van der Waals surface area contributed by atoms with Crippen molar-refractivity contribution in [3.8, 4) is 0 Å². The normalized spacial score (nSPS) is 21.7. The van der Waals surface area contributed by atoms with E-state index in [9.17, 15) is 0 Å². The maximum absolute atomic E-state index is 2.70. The molecule has 26 heavy (non-hydrogen) atoms. The molecular formula is C23H47N3. The van der Waals surface area contributed by atoms with Crippen LogP contribution >= 0.6 is 0 Å². The Morgan fingerprint density at radius 1 is 0.962 bits per heavy atom. The predicted octanol–water partition coefficient (Wildman–Crippen LogP) is 4.58. The molecule has 0 amide bonds. The van der Waals surface area contributed by atoms with Crippen LogP contribution in [-0.2, 0) is 0 Å². The molecule has 2 fully saturated rings. The number of likely N-dealkylation sites (N-methyl/N-ethyl adjacent to an activating group) is 2. The molecule has 0 aromatic heterocycles. The Balaban J connectivity index is 1.68. The van der Waals surface area contributed by atoms with E-state index in [1.807, 2.05) is 0 Å². The van der Waals surface area contributed by atoms with Gasteiger partial charge in [0.25, 0.3) is 0 Å². The lowest BCUT2D eigenvalue weighted by molar-refractivity contribution is -0.0188. The molecule has 1 aliphatic carbocycles. The number of hydrogen-bond acceptors (Lipinski definition) is 3. The third-order valence-corrected chi connectivity index (χ3v) is 8.12. The summed E-state index contributed by atoms with van der Waals surface area (Å²) in [6.45, 7) is 18.4. The van der Waals surface area contributed by atoms with Crippen LogP contribution in [0.5, 0.6) is 0 Å². The van der Waals surface area contributed by atoms with E-state index in [-0.39, 0.29) is 0 Å². The largest absolute Gasteiger partial charge is 0.306 e. The average molecular weight is 366 g/mol. The van der Waals surface area contributed by atoms with Gasteiger partial charge in [0.15, 0.2) is 0 Å². The van der Waals surface area contributed by atoms with E-state index < -0.39 is 0 Å². The molecule has 1 heterocycles. The van der Waals surface area contributed by atoms with Gasteiger partial charge < -0.3 is 14.7 Å². The summed E-state index contributed by atoms with van der Waals surface area (Å²) < 4.78 is 0. The van der Waals surface area contributed by atoms with E-state index in [4.69, 9.17) is 0 Å². The molecule has 0 N–H and O–H groups in total. The van der Waals surface area contributed by atoms with Crippen molar-refractivity contribution in [3.63, 3.8) is 0 Å². The Morgan fingerprint density at radius 3 is 2.04 bits per heavy atom. The number of piperidine rings is 1. The van der Waals surface area contributed by atoms with Crippen LogP contribution in [0, 0.1) is 16.7 Å². The molecule has 2 rings (SSSR count). The molecule has 1 saturated carbocycles. The zero-order valence-corrected chi connectivity index (χ0v) is 18.8. The van der Waals surface area contributed by atoms with Crippen molar-refractivity contribution in [1.29, 1.82) is 0 Å². The molecule has 154 valence electrons. The maximum Gasteiger partial charge on any atom is 0.0109 e. The summed E-state index contributed by atoms with van der Waals surface area (Å²) in [5, 5.41) is 0. The lowest BCUT2D eigenvalue weighted by atomic mass is 9.57. The smallest absolute Gasteiger partial charge is 0.0109 e. The molecule has 1 aliphatic heterocycles. The third kappa shape index (κ3) is 5.69. The van der Waals surface area contributed by atoms with Crippen molar-refractivity contribution < 1.29 is 0 Å². The summed E-state index contributed by atoms with van der Waals surface area (Å²) >= 11 is 0. The number of likely N-dealkylation sites (tertiary alicyclic amines) is 1. The van der Waals surface area contributed by atoms with Crippen LogP contribution in [0.25, 0.3) is 0 Å². The van der Waals surface area contributed by atoms with Crippen molar-refractivity contribution in [1.82, 2.24) is 14.7 Å². The first-order valence-electron chi connectivity index (χ1n) is 11.5. The Kier molecular flexibility index (Phi) is 8.43. The molecule has 3 nitrogen and oxygen atoms in total. The monoisotopic (exact) mass is 365 g/mol. The Labute approximate surface area is 164 Å². The second-order valence-electron chi connectivity index (χ2n) is 9.77. The summed E-state index contributed by atoms with van der Waals surface area (Å²) in [6, 6.07) is 0. The molecule has 0 aromatic rings. The fraction of sp³-hybridized carbons (Fsp3) is 1.00. The van der Waals surface area contributed by atoms with Gasteiger partial charge in [0.05, 0.1) is 0 Å². The van der Waals surface area contributed by atoms with Crippen LogP contribution in [0.3, 0.4) is 0 Å². The first-order valence-corrected chi connectivity index (χ1v) is 11.5. The van der Waals surface area contributed by atoms with Gasteiger partial charge in [0.2, 0.25) is 0 Å². The van der Waals surface area contributed by atoms with Gasteiger partial charge in [0, 0.05) is 26.2 Å².